The molecular weight excluding hydrogens is 160 g/mol. The van der Waals surface area contributed by atoms with Gasteiger partial charge in [-0.15, -0.1) is 0 Å². The van der Waals surface area contributed by atoms with Gasteiger partial charge in [0, 0.05) is 13.1 Å². The van der Waals surface area contributed by atoms with Crippen molar-refractivity contribution in [2.75, 3.05) is 33.2 Å². The van der Waals surface area contributed by atoms with Crippen LogP contribution >= 0.6 is 0 Å². The van der Waals surface area contributed by atoms with Crippen molar-refractivity contribution in [2.24, 2.45) is 5.92 Å². The summed E-state index contributed by atoms with van der Waals surface area (Å²) < 4.78 is 0. The van der Waals surface area contributed by atoms with Crippen LogP contribution < -0.4 is 5.32 Å². The fourth-order valence-corrected chi connectivity index (χ4v) is 2.03. The van der Waals surface area contributed by atoms with Gasteiger partial charge < -0.3 is 5.32 Å². The standard InChI is InChI=1S/C11H22N2/c1-3-4-7-13-8-5-6-11(10-13)9-12-2/h3-4,11-12H,5-10H2,1-2H3/b4-3+. The van der Waals surface area contributed by atoms with Gasteiger partial charge in [0.2, 0.25) is 0 Å². The summed E-state index contributed by atoms with van der Waals surface area (Å²) in [5.74, 6) is 0.865. The largest absolute Gasteiger partial charge is 0.319 e. The highest BCUT2D eigenvalue weighted by atomic mass is 15.1. The van der Waals surface area contributed by atoms with Crippen molar-refractivity contribution in [2.45, 2.75) is 19.8 Å². The highest BCUT2D eigenvalue weighted by Gasteiger charge is 2.17. The van der Waals surface area contributed by atoms with Crippen LogP contribution in [-0.4, -0.2) is 38.1 Å². The molecule has 0 radical (unpaired) electrons. The zero-order chi connectivity index (χ0) is 9.52. The minimum atomic E-state index is 0.865. The molecule has 1 atom stereocenters. The van der Waals surface area contributed by atoms with Crippen molar-refractivity contribution >= 4 is 0 Å². The summed E-state index contributed by atoms with van der Waals surface area (Å²) in [6.45, 7) is 6.95. The molecule has 0 bridgehead atoms. The molecule has 0 amide bonds. The first-order valence-corrected chi connectivity index (χ1v) is 5.35. The van der Waals surface area contributed by atoms with Crippen LogP contribution in [0.4, 0.5) is 0 Å². The number of nitrogens with one attached hydrogen (secondary N) is 1. The number of rotatable bonds is 4. The van der Waals surface area contributed by atoms with Crippen LogP contribution in [0.5, 0.6) is 0 Å². The lowest BCUT2D eigenvalue weighted by atomic mass is 9.98. The Morgan fingerprint density at radius 2 is 2.38 bits per heavy atom. The lowest BCUT2D eigenvalue weighted by Gasteiger charge is -2.31. The Morgan fingerprint density at radius 1 is 1.54 bits per heavy atom. The SMILES string of the molecule is C/C=C/CN1CCCC(CNC)C1. The maximum Gasteiger partial charge on any atom is 0.0163 e. The van der Waals surface area contributed by atoms with E-state index in [4.69, 9.17) is 0 Å². The number of hydrogen-bond acceptors (Lipinski definition) is 2. The molecule has 1 heterocycles. The number of nitrogens with zero attached hydrogens (tertiary/aromatic N) is 1. The van der Waals surface area contributed by atoms with Crippen LogP contribution in [0, 0.1) is 5.92 Å². The van der Waals surface area contributed by atoms with Crippen molar-refractivity contribution in [3.8, 4) is 0 Å². The molecule has 1 saturated heterocycles. The van der Waals surface area contributed by atoms with Gasteiger partial charge in [-0.1, -0.05) is 12.2 Å². The maximum atomic E-state index is 3.27. The Morgan fingerprint density at radius 3 is 3.08 bits per heavy atom. The smallest absolute Gasteiger partial charge is 0.0163 e. The molecule has 0 spiro atoms. The highest BCUT2D eigenvalue weighted by Crippen LogP contribution is 2.15. The second-order valence-corrected chi connectivity index (χ2v) is 3.89. The van der Waals surface area contributed by atoms with E-state index in [0.29, 0.717) is 0 Å². The fraction of sp³-hybridized carbons (Fsp3) is 0.818. The molecule has 0 aliphatic carbocycles. The quantitative estimate of drug-likeness (QED) is 0.663. The average molecular weight is 182 g/mol. The van der Waals surface area contributed by atoms with Crippen molar-refractivity contribution in [3.63, 3.8) is 0 Å². The second kappa shape index (κ2) is 6.17. The van der Waals surface area contributed by atoms with Gasteiger partial charge >= 0.3 is 0 Å². The summed E-state index contributed by atoms with van der Waals surface area (Å²) >= 11 is 0. The molecule has 0 aromatic carbocycles. The number of piperidine rings is 1. The molecule has 1 unspecified atom stereocenters. The highest BCUT2D eigenvalue weighted by molar-refractivity contribution is 4.84. The van der Waals surface area contributed by atoms with Crippen LogP contribution in [-0.2, 0) is 0 Å². The van der Waals surface area contributed by atoms with E-state index in [-0.39, 0.29) is 0 Å². The monoisotopic (exact) mass is 182 g/mol. The van der Waals surface area contributed by atoms with Gasteiger partial charge in [0.05, 0.1) is 0 Å². The molecule has 1 aliphatic rings. The summed E-state index contributed by atoms with van der Waals surface area (Å²) in [4.78, 5) is 2.55. The predicted octanol–water partition coefficient (Wildman–Crippen LogP) is 1.49. The van der Waals surface area contributed by atoms with E-state index < -0.39 is 0 Å². The molecule has 13 heavy (non-hydrogen) atoms. The summed E-state index contributed by atoms with van der Waals surface area (Å²) in [7, 11) is 2.05. The molecule has 2 heteroatoms. The Labute approximate surface area is 82.0 Å². The van der Waals surface area contributed by atoms with Gasteiger partial charge in [0.1, 0.15) is 0 Å². The van der Waals surface area contributed by atoms with E-state index in [1.807, 2.05) is 7.05 Å². The van der Waals surface area contributed by atoms with Gasteiger partial charge in [-0.3, -0.25) is 4.90 Å². The Bertz CT molecular complexity index is 152. The van der Waals surface area contributed by atoms with Crippen molar-refractivity contribution in [1.82, 2.24) is 10.2 Å². The van der Waals surface area contributed by atoms with E-state index in [0.717, 1.165) is 12.5 Å². The molecule has 0 aromatic heterocycles. The minimum absolute atomic E-state index is 0.865. The van der Waals surface area contributed by atoms with Gasteiger partial charge in [0.15, 0.2) is 0 Å². The van der Waals surface area contributed by atoms with Crippen LogP contribution in [0.15, 0.2) is 12.2 Å². The Hall–Kier alpha value is -0.340. The topological polar surface area (TPSA) is 15.3 Å². The molecule has 1 aliphatic heterocycles. The van der Waals surface area contributed by atoms with Crippen molar-refractivity contribution in [3.05, 3.63) is 12.2 Å². The first kappa shape index (κ1) is 10.7. The maximum absolute atomic E-state index is 3.27. The predicted molar refractivity (Wildman–Crippen MR) is 57.9 cm³/mol. The van der Waals surface area contributed by atoms with Gasteiger partial charge in [-0.25, -0.2) is 0 Å². The summed E-state index contributed by atoms with van der Waals surface area (Å²) in [5.41, 5.74) is 0. The summed E-state index contributed by atoms with van der Waals surface area (Å²) in [5, 5.41) is 3.27. The molecule has 0 aromatic rings. The zero-order valence-corrected chi connectivity index (χ0v) is 8.92. The average Bonchev–Trinajstić information content (AvgIpc) is 2.16. The number of likely N-dealkylation sites (tertiary alicyclic amines) is 1. The van der Waals surface area contributed by atoms with E-state index in [1.165, 1.54) is 32.5 Å². The minimum Gasteiger partial charge on any atom is -0.319 e. The molecule has 76 valence electrons. The van der Waals surface area contributed by atoms with Crippen LogP contribution in [0.1, 0.15) is 19.8 Å². The van der Waals surface area contributed by atoms with E-state index >= 15 is 0 Å². The first-order chi connectivity index (χ1) is 6.36. The van der Waals surface area contributed by atoms with Crippen LogP contribution in [0.2, 0.25) is 0 Å². The van der Waals surface area contributed by atoms with Gasteiger partial charge in [0.25, 0.3) is 0 Å². The van der Waals surface area contributed by atoms with E-state index in [2.05, 4.69) is 29.3 Å². The zero-order valence-electron chi connectivity index (χ0n) is 8.92. The number of hydrogen-bond donors (Lipinski definition) is 1. The van der Waals surface area contributed by atoms with Crippen molar-refractivity contribution < 1.29 is 0 Å². The first-order valence-electron chi connectivity index (χ1n) is 5.35. The third kappa shape index (κ3) is 3.92. The van der Waals surface area contributed by atoms with Gasteiger partial charge in [-0.05, 0) is 45.8 Å². The van der Waals surface area contributed by atoms with Crippen LogP contribution in [0.3, 0.4) is 0 Å². The van der Waals surface area contributed by atoms with Crippen LogP contribution in [0.25, 0.3) is 0 Å². The summed E-state index contributed by atoms with van der Waals surface area (Å²) in [6, 6.07) is 0. The van der Waals surface area contributed by atoms with E-state index in [9.17, 15) is 0 Å². The van der Waals surface area contributed by atoms with Gasteiger partial charge in [-0.2, -0.15) is 0 Å². The molecule has 0 saturated carbocycles. The molecule has 1 fully saturated rings. The van der Waals surface area contributed by atoms with Crippen molar-refractivity contribution in [1.29, 1.82) is 0 Å². The lowest BCUT2D eigenvalue weighted by Crippen LogP contribution is -2.38. The molecule has 2 nitrogen and oxygen atoms in total. The molecular formula is C11H22N2. The Kier molecular flexibility index (Phi) is 5.09. The lowest BCUT2D eigenvalue weighted by molar-refractivity contribution is 0.190. The number of allylic oxidation sites excluding steroid dienone is 1. The molecule has 1 rings (SSSR count). The third-order valence-corrected chi connectivity index (χ3v) is 2.70. The third-order valence-electron chi connectivity index (χ3n) is 2.70. The summed E-state index contributed by atoms with van der Waals surface area (Å²) in [6.07, 6.45) is 7.15. The fourth-order valence-electron chi connectivity index (χ4n) is 2.03. The second-order valence-electron chi connectivity index (χ2n) is 3.89. The Balaban J connectivity index is 2.24. The normalized spacial score (nSPS) is 25.5. The van der Waals surface area contributed by atoms with E-state index in [1.54, 1.807) is 0 Å². The molecule has 1 N–H and O–H groups in total.